The third-order valence-corrected chi connectivity index (χ3v) is 5.59. The Labute approximate surface area is 144 Å². The molecule has 0 unspecified atom stereocenters. The zero-order valence-corrected chi connectivity index (χ0v) is 13.8. The summed E-state index contributed by atoms with van der Waals surface area (Å²) in [6.07, 6.45) is 4.86. The number of alkyl halides is 2. The maximum Gasteiger partial charge on any atom is 0.387 e. The van der Waals surface area contributed by atoms with Crippen LogP contribution in [0.5, 0.6) is 5.75 Å². The van der Waals surface area contributed by atoms with Gasteiger partial charge in [0.15, 0.2) is 11.5 Å². The molecule has 0 aliphatic heterocycles. The number of fused-ring (bicyclic) bond motifs is 5. The van der Waals surface area contributed by atoms with Gasteiger partial charge in [-0.2, -0.15) is 8.78 Å². The van der Waals surface area contributed by atoms with Crippen molar-refractivity contribution >= 4 is 27.2 Å². The second kappa shape index (κ2) is 5.45. The van der Waals surface area contributed by atoms with E-state index in [1.807, 2.05) is 0 Å². The molecule has 1 aromatic carbocycles. The number of rotatable bonds is 3. The zero-order chi connectivity index (χ0) is 17.0. The van der Waals surface area contributed by atoms with E-state index in [0.717, 1.165) is 29.5 Å². The van der Waals surface area contributed by atoms with Crippen molar-refractivity contribution in [1.82, 2.24) is 19.6 Å². The number of ether oxygens (including phenoxy) is 1. The molecular weight excluding hydrogens is 346 g/mol. The molecule has 0 N–H and O–H groups in total. The summed E-state index contributed by atoms with van der Waals surface area (Å²) in [4.78, 5) is 11.4. The molecule has 1 aliphatic carbocycles. The van der Waals surface area contributed by atoms with Crippen LogP contribution in [0.15, 0.2) is 30.6 Å². The number of hydrogen-bond donors (Lipinski definition) is 0. The van der Waals surface area contributed by atoms with Crippen molar-refractivity contribution in [3.8, 4) is 17.1 Å². The first-order valence-electron chi connectivity index (χ1n) is 7.90. The smallest absolute Gasteiger partial charge is 0.387 e. The van der Waals surface area contributed by atoms with E-state index in [-0.39, 0.29) is 5.75 Å². The van der Waals surface area contributed by atoms with Crippen molar-refractivity contribution in [1.29, 1.82) is 0 Å². The number of hydrogen-bond acceptors (Lipinski definition) is 5. The van der Waals surface area contributed by atoms with E-state index in [1.54, 1.807) is 40.4 Å². The molecule has 0 spiro atoms. The lowest BCUT2D eigenvalue weighted by Gasteiger charge is -2.07. The van der Waals surface area contributed by atoms with E-state index >= 15 is 0 Å². The molecule has 0 fully saturated rings. The van der Waals surface area contributed by atoms with Gasteiger partial charge in [-0.1, -0.05) is 12.1 Å². The van der Waals surface area contributed by atoms with Gasteiger partial charge in [-0.3, -0.25) is 0 Å². The summed E-state index contributed by atoms with van der Waals surface area (Å²) < 4.78 is 31.5. The van der Waals surface area contributed by atoms with Crippen LogP contribution in [0.25, 0.3) is 27.3 Å². The largest absolute Gasteiger partial charge is 0.434 e. The second-order valence-corrected chi connectivity index (χ2v) is 6.94. The molecule has 5 rings (SSSR count). The van der Waals surface area contributed by atoms with Gasteiger partial charge in [0, 0.05) is 4.88 Å². The summed E-state index contributed by atoms with van der Waals surface area (Å²) in [6, 6.07) is 6.55. The third-order valence-electron chi connectivity index (χ3n) is 4.39. The van der Waals surface area contributed by atoms with Crippen LogP contribution in [-0.4, -0.2) is 26.2 Å². The number of nitrogens with zero attached hydrogens (tertiary/aromatic N) is 4. The zero-order valence-electron chi connectivity index (χ0n) is 12.9. The van der Waals surface area contributed by atoms with E-state index in [0.29, 0.717) is 17.0 Å². The minimum atomic E-state index is -2.90. The molecule has 126 valence electrons. The Kier molecular flexibility index (Phi) is 3.21. The summed E-state index contributed by atoms with van der Waals surface area (Å²) in [5, 5.41) is 5.46. The summed E-state index contributed by atoms with van der Waals surface area (Å²) in [6.45, 7) is -2.90. The van der Waals surface area contributed by atoms with Gasteiger partial charge in [-0.25, -0.2) is 14.5 Å². The van der Waals surface area contributed by atoms with Crippen LogP contribution in [0.3, 0.4) is 0 Å². The first-order chi connectivity index (χ1) is 12.2. The molecule has 0 saturated carbocycles. The molecular formula is C17H12F2N4OS. The Bertz CT molecular complexity index is 1100. The fourth-order valence-corrected chi connectivity index (χ4v) is 4.58. The van der Waals surface area contributed by atoms with Crippen LogP contribution in [-0.2, 0) is 12.8 Å². The van der Waals surface area contributed by atoms with Crippen LogP contribution in [0, 0.1) is 0 Å². The lowest BCUT2D eigenvalue weighted by molar-refractivity contribution is -0.0494. The topological polar surface area (TPSA) is 52.3 Å². The quantitative estimate of drug-likeness (QED) is 0.553. The molecule has 3 aromatic heterocycles. The molecule has 3 heterocycles. The Balaban J connectivity index is 1.73. The summed E-state index contributed by atoms with van der Waals surface area (Å²) in [5.74, 6) is 0.414. The third kappa shape index (κ3) is 2.28. The average molecular weight is 358 g/mol. The second-order valence-electron chi connectivity index (χ2n) is 5.86. The molecule has 4 aromatic rings. The van der Waals surface area contributed by atoms with Crippen molar-refractivity contribution in [2.45, 2.75) is 25.9 Å². The van der Waals surface area contributed by atoms with E-state index in [2.05, 4.69) is 19.8 Å². The SMILES string of the molecule is FC(F)Oc1ccccc1-c1nc2c3c4c(sc3ncn2n1)CCC4. The number of aryl methyl sites for hydroxylation is 2. The highest BCUT2D eigenvalue weighted by atomic mass is 32.1. The Morgan fingerprint density at radius 2 is 2.08 bits per heavy atom. The van der Waals surface area contributed by atoms with Crippen LogP contribution >= 0.6 is 11.3 Å². The van der Waals surface area contributed by atoms with Gasteiger partial charge in [0.2, 0.25) is 0 Å². The van der Waals surface area contributed by atoms with Gasteiger partial charge in [0.25, 0.3) is 0 Å². The highest BCUT2D eigenvalue weighted by molar-refractivity contribution is 7.19. The molecule has 8 heteroatoms. The highest BCUT2D eigenvalue weighted by Crippen LogP contribution is 2.38. The number of para-hydroxylation sites is 1. The van der Waals surface area contributed by atoms with Crippen molar-refractivity contribution in [3.05, 3.63) is 41.0 Å². The van der Waals surface area contributed by atoms with Crippen molar-refractivity contribution in [3.63, 3.8) is 0 Å². The van der Waals surface area contributed by atoms with Crippen LogP contribution in [0.2, 0.25) is 0 Å². The molecule has 0 amide bonds. The van der Waals surface area contributed by atoms with E-state index in [4.69, 9.17) is 0 Å². The molecule has 0 radical (unpaired) electrons. The Morgan fingerprint density at radius 1 is 1.20 bits per heavy atom. The minimum Gasteiger partial charge on any atom is -0.434 e. The summed E-state index contributed by atoms with van der Waals surface area (Å²) in [7, 11) is 0. The molecule has 5 nitrogen and oxygen atoms in total. The number of aromatic nitrogens is 4. The Hall–Kier alpha value is -2.61. The minimum absolute atomic E-state index is 0.0631. The lowest BCUT2D eigenvalue weighted by atomic mass is 10.2. The predicted octanol–water partition coefficient (Wildman–Crippen LogP) is 4.10. The van der Waals surface area contributed by atoms with Gasteiger partial charge < -0.3 is 4.74 Å². The lowest BCUT2D eigenvalue weighted by Crippen LogP contribution is -2.03. The van der Waals surface area contributed by atoms with E-state index in [1.165, 1.54) is 16.5 Å². The standard InChI is InChI=1S/C17H12F2N4OS/c18-17(19)24-11-6-2-1-4-9(11)14-21-15-13-10-5-3-7-12(10)25-16(13)20-8-23(15)22-14/h1-2,4,6,8,17H,3,5,7H2. The highest BCUT2D eigenvalue weighted by Gasteiger charge is 2.23. The molecule has 1 aliphatic rings. The molecule has 25 heavy (non-hydrogen) atoms. The summed E-state index contributed by atoms with van der Waals surface area (Å²) in [5.41, 5.74) is 2.45. The van der Waals surface area contributed by atoms with Crippen molar-refractivity contribution in [2.75, 3.05) is 0 Å². The molecule has 0 saturated heterocycles. The van der Waals surface area contributed by atoms with Gasteiger partial charge in [-0.15, -0.1) is 16.4 Å². The van der Waals surface area contributed by atoms with Crippen molar-refractivity contribution < 1.29 is 13.5 Å². The predicted molar refractivity (Wildman–Crippen MR) is 90.3 cm³/mol. The average Bonchev–Trinajstić information content (AvgIpc) is 3.27. The first-order valence-corrected chi connectivity index (χ1v) is 8.72. The number of halogens is 2. The Morgan fingerprint density at radius 3 is 2.96 bits per heavy atom. The number of thiophene rings is 1. The fourth-order valence-electron chi connectivity index (χ4n) is 3.36. The summed E-state index contributed by atoms with van der Waals surface area (Å²) >= 11 is 1.70. The first kappa shape index (κ1) is 14.7. The van der Waals surface area contributed by atoms with Crippen molar-refractivity contribution in [2.24, 2.45) is 0 Å². The van der Waals surface area contributed by atoms with E-state index in [9.17, 15) is 8.78 Å². The maximum atomic E-state index is 12.7. The number of benzene rings is 1. The van der Waals surface area contributed by atoms with Gasteiger partial charge >= 0.3 is 6.61 Å². The van der Waals surface area contributed by atoms with Gasteiger partial charge in [0.1, 0.15) is 16.9 Å². The van der Waals surface area contributed by atoms with Crippen LogP contribution in [0.1, 0.15) is 16.9 Å². The maximum absolute atomic E-state index is 12.7. The monoisotopic (exact) mass is 358 g/mol. The molecule has 0 bridgehead atoms. The molecule has 0 atom stereocenters. The van der Waals surface area contributed by atoms with Gasteiger partial charge in [-0.05, 0) is 37.0 Å². The van der Waals surface area contributed by atoms with Crippen LogP contribution in [0.4, 0.5) is 8.78 Å². The fraction of sp³-hybridized carbons (Fsp3) is 0.235. The van der Waals surface area contributed by atoms with Crippen LogP contribution < -0.4 is 4.74 Å². The van der Waals surface area contributed by atoms with Gasteiger partial charge in [0.05, 0.1) is 10.9 Å². The van der Waals surface area contributed by atoms with E-state index < -0.39 is 6.61 Å². The normalized spacial score (nSPS) is 13.9.